The third-order valence-corrected chi connectivity index (χ3v) is 5.62. The van der Waals surface area contributed by atoms with Gasteiger partial charge in [-0.25, -0.2) is 0 Å². The molecule has 2 unspecified atom stereocenters. The Labute approximate surface area is 124 Å². The van der Waals surface area contributed by atoms with Gasteiger partial charge in [0, 0.05) is 29.5 Å². The molecule has 1 aromatic rings. The van der Waals surface area contributed by atoms with Gasteiger partial charge in [-0.1, -0.05) is 34.1 Å². The highest BCUT2D eigenvalue weighted by atomic mass is 79.9. The Hall–Kier alpha value is -0.380. The lowest BCUT2D eigenvalue weighted by Gasteiger charge is -2.45. The first-order valence-corrected chi connectivity index (χ1v) is 8.01. The Morgan fingerprint density at radius 3 is 2.84 bits per heavy atom. The minimum Gasteiger partial charge on any atom is -0.384 e. The van der Waals surface area contributed by atoms with Crippen LogP contribution in [0.2, 0.25) is 0 Å². The van der Waals surface area contributed by atoms with Crippen molar-refractivity contribution in [2.24, 2.45) is 11.3 Å². The van der Waals surface area contributed by atoms with Gasteiger partial charge in [0.2, 0.25) is 0 Å². The standard InChI is InChI=1S/C16H22BrNO/c1-19-11-16(12-6-7-12)8-9-18-10-14(16)13-4-2-3-5-15(13)17/h2-5,12,14,18H,6-11H2,1H3. The molecule has 1 aliphatic heterocycles. The molecule has 2 atom stereocenters. The van der Waals surface area contributed by atoms with Crippen LogP contribution in [0.3, 0.4) is 0 Å². The maximum absolute atomic E-state index is 5.63. The molecule has 1 aromatic carbocycles. The van der Waals surface area contributed by atoms with Crippen molar-refractivity contribution in [3.05, 3.63) is 34.3 Å². The number of rotatable bonds is 4. The third-order valence-electron chi connectivity index (χ3n) is 4.89. The van der Waals surface area contributed by atoms with E-state index in [4.69, 9.17) is 4.74 Å². The van der Waals surface area contributed by atoms with E-state index in [0.29, 0.717) is 11.3 Å². The van der Waals surface area contributed by atoms with Gasteiger partial charge in [-0.2, -0.15) is 0 Å². The van der Waals surface area contributed by atoms with Gasteiger partial charge < -0.3 is 10.1 Å². The highest BCUT2D eigenvalue weighted by Gasteiger charge is 2.51. The molecule has 1 N–H and O–H groups in total. The molecule has 104 valence electrons. The van der Waals surface area contributed by atoms with Gasteiger partial charge in [-0.15, -0.1) is 0 Å². The fourth-order valence-corrected chi connectivity index (χ4v) is 4.39. The number of ether oxygens (including phenoxy) is 1. The molecule has 2 fully saturated rings. The molecule has 3 rings (SSSR count). The van der Waals surface area contributed by atoms with Crippen molar-refractivity contribution in [3.63, 3.8) is 0 Å². The van der Waals surface area contributed by atoms with Gasteiger partial charge in [-0.05, 0) is 43.4 Å². The lowest BCUT2D eigenvalue weighted by atomic mass is 9.65. The van der Waals surface area contributed by atoms with Crippen LogP contribution in [0.4, 0.5) is 0 Å². The molecule has 0 aromatic heterocycles. The molecule has 19 heavy (non-hydrogen) atoms. The molecule has 0 radical (unpaired) electrons. The number of nitrogens with one attached hydrogen (secondary N) is 1. The van der Waals surface area contributed by atoms with E-state index in [9.17, 15) is 0 Å². The average molecular weight is 324 g/mol. The Morgan fingerprint density at radius 2 is 2.16 bits per heavy atom. The van der Waals surface area contributed by atoms with Crippen LogP contribution in [0.15, 0.2) is 28.7 Å². The molecule has 2 aliphatic rings. The first kappa shape index (κ1) is 13.6. The van der Waals surface area contributed by atoms with Gasteiger partial charge >= 0.3 is 0 Å². The minimum absolute atomic E-state index is 0.337. The van der Waals surface area contributed by atoms with Crippen LogP contribution in [0.25, 0.3) is 0 Å². The molecule has 2 nitrogen and oxygen atoms in total. The number of hydrogen-bond donors (Lipinski definition) is 1. The lowest BCUT2D eigenvalue weighted by Crippen LogP contribution is -2.47. The van der Waals surface area contributed by atoms with Crippen LogP contribution in [-0.4, -0.2) is 26.8 Å². The first-order chi connectivity index (χ1) is 9.28. The summed E-state index contributed by atoms with van der Waals surface area (Å²) in [5, 5.41) is 3.58. The van der Waals surface area contributed by atoms with Crippen LogP contribution in [0.5, 0.6) is 0 Å². The summed E-state index contributed by atoms with van der Waals surface area (Å²) in [7, 11) is 1.85. The zero-order valence-electron chi connectivity index (χ0n) is 11.5. The topological polar surface area (TPSA) is 21.3 Å². The molecule has 0 amide bonds. The molecule has 1 saturated heterocycles. The van der Waals surface area contributed by atoms with E-state index in [1.54, 1.807) is 0 Å². The summed E-state index contributed by atoms with van der Waals surface area (Å²) >= 11 is 3.74. The second-order valence-electron chi connectivity index (χ2n) is 5.97. The van der Waals surface area contributed by atoms with E-state index in [1.807, 2.05) is 7.11 Å². The summed E-state index contributed by atoms with van der Waals surface area (Å²) in [4.78, 5) is 0. The fourth-order valence-electron chi connectivity index (χ4n) is 3.83. The van der Waals surface area contributed by atoms with Crippen molar-refractivity contribution in [2.75, 3.05) is 26.8 Å². The van der Waals surface area contributed by atoms with Gasteiger partial charge in [0.15, 0.2) is 0 Å². The number of methoxy groups -OCH3 is 1. The molecule has 0 spiro atoms. The van der Waals surface area contributed by atoms with E-state index in [2.05, 4.69) is 45.5 Å². The largest absolute Gasteiger partial charge is 0.384 e. The molecular weight excluding hydrogens is 302 g/mol. The Kier molecular flexibility index (Phi) is 3.97. The molecule has 0 bridgehead atoms. The summed E-state index contributed by atoms with van der Waals surface area (Å²) in [5.74, 6) is 1.41. The number of piperidine rings is 1. The monoisotopic (exact) mass is 323 g/mol. The van der Waals surface area contributed by atoms with Crippen molar-refractivity contribution in [2.45, 2.75) is 25.2 Å². The van der Waals surface area contributed by atoms with Gasteiger partial charge in [-0.3, -0.25) is 0 Å². The Morgan fingerprint density at radius 1 is 1.37 bits per heavy atom. The summed E-state index contributed by atoms with van der Waals surface area (Å²) < 4.78 is 6.88. The summed E-state index contributed by atoms with van der Waals surface area (Å²) in [6.45, 7) is 3.09. The number of halogens is 1. The van der Waals surface area contributed by atoms with Crippen molar-refractivity contribution < 1.29 is 4.74 Å². The van der Waals surface area contributed by atoms with Gasteiger partial charge in [0.25, 0.3) is 0 Å². The lowest BCUT2D eigenvalue weighted by molar-refractivity contribution is 0.0182. The van der Waals surface area contributed by atoms with Crippen molar-refractivity contribution >= 4 is 15.9 Å². The normalized spacial score (nSPS) is 31.4. The van der Waals surface area contributed by atoms with Crippen LogP contribution in [-0.2, 0) is 4.74 Å². The SMILES string of the molecule is COCC1(C2CC2)CCNCC1c1ccccc1Br. The average Bonchev–Trinajstić information content (AvgIpc) is 3.25. The van der Waals surface area contributed by atoms with Gasteiger partial charge in [0.1, 0.15) is 0 Å². The van der Waals surface area contributed by atoms with E-state index in [1.165, 1.54) is 29.3 Å². The van der Waals surface area contributed by atoms with Crippen LogP contribution < -0.4 is 5.32 Å². The van der Waals surface area contributed by atoms with Crippen molar-refractivity contribution in [1.82, 2.24) is 5.32 Å². The maximum atomic E-state index is 5.63. The van der Waals surface area contributed by atoms with Gasteiger partial charge in [0.05, 0.1) is 6.61 Å². The summed E-state index contributed by atoms with van der Waals surface area (Å²) in [6.07, 6.45) is 3.99. The van der Waals surface area contributed by atoms with Crippen molar-refractivity contribution in [3.8, 4) is 0 Å². The van der Waals surface area contributed by atoms with Crippen LogP contribution >= 0.6 is 15.9 Å². The summed E-state index contributed by atoms with van der Waals surface area (Å²) in [6, 6.07) is 8.68. The smallest absolute Gasteiger partial charge is 0.0528 e. The number of hydrogen-bond acceptors (Lipinski definition) is 2. The Bertz CT molecular complexity index is 442. The molecule has 1 aliphatic carbocycles. The second kappa shape index (κ2) is 5.55. The third kappa shape index (κ3) is 2.48. The predicted molar refractivity (Wildman–Crippen MR) is 81.4 cm³/mol. The highest BCUT2D eigenvalue weighted by molar-refractivity contribution is 9.10. The fraction of sp³-hybridized carbons (Fsp3) is 0.625. The highest BCUT2D eigenvalue weighted by Crippen LogP contribution is 2.57. The van der Waals surface area contributed by atoms with Crippen LogP contribution in [0, 0.1) is 11.3 Å². The minimum atomic E-state index is 0.337. The number of benzene rings is 1. The zero-order valence-corrected chi connectivity index (χ0v) is 13.1. The second-order valence-corrected chi connectivity index (χ2v) is 6.82. The molecule has 3 heteroatoms. The quantitative estimate of drug-likeness (QED) is 0.914. The molecule has 1 saturated carbocycles. The predicted octanol–water partition coefficient (Wildman–Crippen LogP) is 3.57. The first-order valence-electron chi connectivity index (χ1n) is 7.22. The summed E-state index contributed by atoms with van der Waals surface area (Å²) in [5.41, 5.74) is 1.78. The van der Waals surface area contributed by atoms with Crippen molar-refractivity contribution in [1.29, 1.82) is 0 Å². The molecular formula is C16H22BrNO. The Balaban J connectivity index is 1.98. The van der Waals surface area contributed by atoms with Crippen LogP contribution in [0.1, 0.15) is 30.7 Å². The van der Waals surface area contributed by atoms with E-state index >= 15 is 0 Å². The van der Waals surface area contributed by atoms with E-state index in [0.717, 1.165) is 25.6 Å². The maximum Gasteiger partial charge on any atom is 0.0528 e. The zero-order chi connectivity index (χ0) is 13.3. The van der Waals surface area contributed by atoms with E-state index < -0.39 is 0 Å². The van der Waals surface area contributed by atoms with E-state index in [-0.39, 0.29) is 0 Å². The molecule has 1 heterocycles.